The number of rotatable bonds is 15. The van der Waals surface area contributed by atoms with Crippen molar-refractivity contribution in [2.45, 2.75) is 70.7 Å². The van der Waals surface area contributed by atoms with E-state index in [1.165, 1.54) is 0 Å². The van der Waals surface area contributed by atoms with E-state index in [2.05, 4.69) is 31.4 Å². The van der Waals surface area contributed by atoms with Crippen LogP contribution in [0.25, 0.3) is 0 Å². The van der Waals surface area contributed by atoms with Crippen molar-refractivity contribution in [3.8, 4) is 0 Å². The highest BCUT2D eigenvalue weighted by Crippen LogP contribution is 2.20. The molecule has 0 amide bonds. The molecule has 0 aromatic rings. The molecule has 0 aliphatic rings. The molecular weight excluding hydrogens is 292 g/mol. The lowest BCUT2D eigenvalue weighted by molar-refractivity contribution is -0.0643. The van der Waals surface area contributed by atoms with Crippen molar-refractivity contribution in [3.63, 3.8) is 0 Å². The molecular formula is C17H40N4O2. The van der Waals surface area contributed by atoms with Crippen molar-refractivity contribution >= 4 is 0 Å². The third-order valence-electron chi connectivity index (χ3n) is 3.98. The number of hydrogen-bond donors (Lipinski definition) is 4. The summed E-state index contributed by atoms with van der Waals surface area (Å²) in [5, 5.41) is 6.33. The molecule has 0 aromatic carbocycles. The van der Waals surface area contributed by atoms with Crippen molar-refractivity contribution in [2.75, 3.05) is 40.0 Å². The fourth-order valence-corrected chi connectivity index (χ4v) is 2.13. The monoisotopic (exact) mass is 332 g/mol. The lowest BCUT2D eigenvalue weighted by atomic mass is 9.98. The summed E-state index contributed by atoms with van der Waals surface area (Å²) in [6.07, 6.45) is 3.86. The summed E-state index contributed by atoms with van der Waals surface area (Å²) in [7, 11) is 1.94. The largest absolute Gasteiger partial charge is 0.379 e. The molecule has 0 fully saturated rings. The average Bonchev–Trinajstić information content (AvgIpc) is 2.49. The Morgan fingerprint density at radius 2 is 1.83 bits per heavy atom. The van der Waals surface area contributed by atoms with E-state index in [4.69, 9.17) is 20.9 Å². The normalized spacial score (nSPS) is 16.3. The zero-order valence-corrected chi connectivity index (χ0v) is 15.9. The molecule has 0 bridgehead atoms. The first-order valence-electron chi connectivity index (χ1n) is 8.89. The summed E-state index contributed by atoms with van der Waals surface area (Å²) in [6, 6.07) is 0. The second-order valence-corrected chi connectivity index (χ2v) is 7.12. The van der Waals surface area contributed by atoms with Crippen molar-refractivity contribution in [2.24, 2.45) is 11.5 Å². The van der Waals surface area contributed by atoms with E-state index in [1.54, 1.807) is 0 Å². The van der Waals surface area contributed by atoms with Crippen molar-refractivity contribution in [1.82, 2.24) is 10.6 Å². The Bertz CT molecular complexity index is 288. The first-order chi connectivity index (χ1) is 10.7. The Labute approximate surface area is 143 Å². The molecule has 0 aliphatic carbocycles. The van der Waals surface area contributed by atoms with Gasteiger partial charge in [0, 0.05) is 6.61 Å². The van der Waals surface area contributed by atoms with Gasteiger partial charge < -0.3 is 31.6 Å². The zero-order valence-electron chi connectivity index (χ0n) is 15.9. The molecule has 6 heteroatoms. The van der Waals surface area contributed by atoms with Gasteiger partial charge >= 0.3 is 0 Å². The quantitative estimate of drug-likeness (QED) is 0.266. The number of hydrogen-bond acceptors (Lipinski definition) is 6. The maximum absolute atomic E-state index is 6.42. The summed E-state index contributed by atoms with van der Waals surface area (Å²) in [6.45, 7) is 11.9. The maximum atomic E-state index is 6.42. The standard InChI is InChI=1S/C17H40N4O2/c1-6-17(19,13-22-12-8-10-20-5)14-23-16(3,4)9-7-11-21-15(2)18/h15,20-21H,6-14,18-19H2,1-5H3/t15-,17?/m0/s1. The van der Waals surface area contributed by atoms with E-state index in [-0.39, 0.29) is 11.8 Å². The van der Waals surface area contributed by atoms with Gasteiger partial charge in [-0.25, -0.2) is 0 Å². The smallest absolute Gasteiger partial charge is 0.0675 e. The second-order valence-electron chi connectivity index (χ2n) is 7.12. The molecule has 0 saturated heterocycles. The third-order valence-corrected chi connectivity index (χ3v) is 3.98. The van der Waals surface area contributed by atoms with Crippen LogP contribution >= 0.6 is 0 Å². The molecule has 0 radical (unpaired) electrons. The van der Waals surface area contributed by atoms with Gasteiger partial charge in [-0.3, -0.25) is 0 Å². The zero-order chi connectivity index (χ0) is 17.8. The van der Waals surface area contributed by atoms with Crippen LogP contribution in [0.5, 0.6) is 0 Å². The van der Waals surface area contributed by atoms with Crippen LogP contribution in [-0.2, 0) is 9.47 Å². The highest BCUT2D eigenvalue weighted by molar-refractivity contribution is 4.84. The van der Waals surface area contributed by atoms with Crippen molar-refractivity contribution in [1.29, 1.82) is 0 Å². The van der Waals surface area contributed by atoms with Crippen LogP contribution < -0.4 is 22.1 Å². The molecule has 0 spiro atoms. The summed E-state index contributed by atoms with van der Waals surface area (Å²) in [5.74, 6) is 0. The average molecular weight is 333 g/mol. The molecule has 6 nitrogen and oxygen atoms in total. The first kappa shape index (κ1) is 22.8. The Morgan fingerprint density at radius 1 is 1.13 bits per heavy atom. The van der Waals surface area contributed by atoms with Crippen LogP contribution in [0.4, 0.5) is 0 Å². The fraction of sp³-hybridized carbons (Fsp3) is 1.00. The summed E-state index contributed by atoms with van der Waals surface area (Å²) < 4.78 is 11.8. The molecule has 6 N–H and O–H groups in total. The van der Waals surface area contributed by atoms with E-state index in [0.717, 1.165) is 45.4 Å². The molecule has 0 rings (SSSR count). The Morgan fingerprint density at radius 3 is 2.39 bits per heavy atom. The van der Waals surface area contributed by atoms with Crippen molar-refractivity contribution in [3.05, 3.63) is 0 Å². The van der Waals surface area contributed by atoms with Crippen molar-refractivity contribution < 1.29 is 9.47 Å². The Balaban J connectivity index is 4.04. The van der Waals surface area contributed by atoms with Crippen LogP contribution in [0, 0.1) is 0 Å². The fourth-order valence-electron chi connectivity index (χ4n) is 2.13. The molecule has 0 aromatic heterocycles. The van der Waals surface area contributed by atoms with E-state index >= 15 is 0 Å². The van der Waals surface area contributed by atoms with Crippen LogP contribution in [0.15, 0.2) is 0 Å². The van der Waals surface area contributed by atoms with Gasteiger partial charge in [0.2, 0.25) is 0 Å². The summed E-state index contributed by atoms with van der Waals surface area (Å²) in [4.78, 5) is 0. The van der Waals surface area contributed by atoms with Crippen LogP contribution in [0.3, 0.4) is 0 Å². The van der Waals surface area contributed by atoms with E-state index in [9.17, 15) is 0 Å². The first-order valence-corrected chi connectivity index (χ1v) is 8.89. The third kappa shape index (κ3) is 12.8. The topological polar surface area (TPSA) is 94.6 Å². The molecule has 0 aliphatic heterocycles. The van der Waals surface area contributed by atoms with Gasteiger partial charge in [0.05, 0.1) is 30.5 Å². The Kier molecular flexibility index (Phi) is 12.0. The number of nitrogens with one attached hydrogen (secondary N) is 2. The lowest BCUT2D eigenvalue weighted by Gasteiger charge is -2.33. The van der Waals surface area contributed by atoms with Gasteiger partial charge in [0.15, 0.2) is 0 Å². The van der Waals surface area contributed by atoms with Gasteiger partial charge in [-0.2, -0.15) is 0 Å². The van der Waals surface area contributed by atoms with Gasteiger partial charge in [-0.15, -0.1) is 0 Å². The number of ether oxygens (including phenoxy) is 2. The molecule has 0 heterocycles. The Hall–Kier alpha value is -0.240. The number of nitrogens with two attached hydrogens (primary N) is 2. The van der Waals surface area contributed by atoms with Gasteiger partial charge in [-0.05, 0) is 66.6 Å². The minimum atomic E-state index is -0.416. The second kappa shape index (κ2) is 12.2. The van der Waals surface area contributed by atoms with E-state index in [0.29, 0.717) is 13.2 Å². The SMILES string of the molecule is CCC(N)(COCCCNC)COC(C)(C)CCCN[C@@H](C)N. The molecule has 2 atom stereocenters. The predicted molar refractivity (Wildman–Crippen MR) is 97.5 cm³/mol. The lowest BCUT2D eigenvalue weighted by Crippen LogP contribution is -2.50. The maximum Gasteiger partial charge on any atom is 0.0675 e. The van der Waals surface area contributed by atoms with Crippen LogP contribution in [-0.4, -0.2) is 57.3 Å². The van der Waals surface area contributed by atoms with Gasteiger partial charge in [-0.1, -0.05) is 6.92 Å². The van der Waals surface area contributed by atoms with Crippen LogP contribution in [0.1, 0.15) is 53.4 Å². The summed E-state index contributed by atoms with van der Waals surface area (Å²) in [5.41, 5.74) is 11.5. The predicted octanol–water partition coefficient (Wildman–Crippen LogP) is 1.19. The van der Waals surface area contributed by atoms with Crippen LogP contribution in [0.2, 0.25) is 0 Å². The summed E-state index contributed by atoms with van der Waals surface area (Å²) >= 11 is 0. The molecule has 1 unspecified atom stereocenters. The van der Waals surface area contributed by atoms with E-state index < -0.39 is 5.54 Å². The van der Waals surface area contributed by atoms with Gasteiger partial charge in [0.25, 0.3) is 0 Å². The highest BCUT2D eigenvalue weighted by Gasteiger charge is 2.28. The minimum absolute atomic E-state index is 0.0378. The molecule has 0 saturated carbocycles. The molecule has 23 heavy (non-hydrogen) atoms. The highest BCUT2D eigenvalue weighted by atomic mass is 16.5. The van der Waals surface area contributed by atoms with E-state index in [1.807, 2.05) is 14.0 Å². The minimum Gasteiger partial charge on any atom is -0.379 e. The van der Waals surface area contributed by atoms with Gasteiger partial charge in [0.1, 0.15) is 0 Å². The molecule has 140 valence electrons.